The van der Waals surface area contributed by atoms with E-state index in [9.17, 15) is 4.79 Å². The average molecular weight is 365 g/mol. The topological polar surface area (TPSA) is 20.3 Å². The maximum Gasteiger partial charge on any atom is 0.254 e. The number of rotatable bonds is 5. The van der Waals surface area contributed by atoms with Gasteiger partial charge in [0, 0.05) is 23.5 Å². The Morgan fingerprint density at radius 3 is 2.58 bits per heavy atom. The van der Waals surface area contributed by atoms with Crippen molar-refractivity contribution in [3.8, 4) is 0 Å². The summed E-state index contributed by atoms with van der Waals surface area (Å²) in [6.45, 7) is 0.787. The number of hydrogen-bond donors (Lipinski definition) is 0. The Labute approximate surface area is 132 Å². The van der Waals surface area contributed by atoms with Crippen LogP contribution in [0.2, 0.25) is 10.0 Å². The summed E-state index contributed by atoms with van der Waals surface area (Å²) in [5.74, 6) is 0.0595. The molecule has 1 fully saturated rings. The van der Waals surface area contributed by atoms with Gasteiger partial charge >= 0.3 is 0 Å². The molecule has 0 aliphatic heterocycles. The zero-order chi connectivity index (χ0) is 13.8. The third kappa shape index (κ3) is 3.65. The van der Waals surface area contributed by atoms with Gasteiger partial charge < -0.3 is 4.90 Å². The van der Waals surface area contributed by atoms with Crippen molar-refractivity contribution in [1.82, 2.24) is 4.90 Å². The Kier molecular flexibility index (Phi) is 5.55. The third-order valence-corrected chi connectivity index (χ3v) is 4.78. The van der Waals surface area contributed by atoms with E-state index in [1.165, 1.54) is 6.42 Å². The van der Waals surface area contributed by atoms with Crippen molar-refractivity contribution >= 4 is 45.0 Å². The van der Waals surface area contributed by atoms with Gasteiger partial charge in [-0.05, 0) is 43.9 Å². The van der Waals surface area contributed by atoms with E-state index in [1.54, 1.807) is 18.2 Å². The highest BCUT2D eigenvalue weighted by molar-refractivity contribution is 9.09. The fraction of sp³-hybridized carbons (Fsp3) is 0.500. The lowest BCUT2D eigenvalue weighted by molar-refractivity contribution is 0.0581. The van der Waals surface area contributed by atoms with Crippen LogP contribution in [0.5, 0.6) is 0 Å². The first-order chi connectivity index (χ1) is 9.13. The zero-order valence-corrected chi connectivity index (χ0v) is 13.6. The minimum atomic E-state index is 0.0595. The highest BCUT2D eigenvalue weighted by atomic mass is 79.9. The molecule has 1 aromatic rings. The van der Waals surface area contributed by atoms with Crippen LogP contribution in [0.15, 0.2) is 18.2 Å². The SMILES string of the molecule is O=C(c1ccc(Cl)c(Cl)c1)N(CCCBr)C1CCC1. The number of benzene rings is 1. The summed E-state index contributed by atoms with van der Waals surface area (Å²) in [6, 6.07) is 5.48. The molecular formula is C14H16BrCl2NO. The fourth-order valence-electron chi connectivity index (χ4n) is 2.17. The molecule has 1 aliphatic rings. The van der Waals surface area contributed by atoms with Gasteiger partial charge in [0.1, 0.15) is 0 Å². The molecule has 0 unspecified atom stereocenters. The van der Waals surface area contributed by atoms with Crippen LogP contribution in [-0.2, 0) is 0 Å². The molecule has 0 N–H and O–H groups in total. The second-order valence-electron chi connectivity index (χ2n) is 4.75. The van der Waals surface area contributed by atoms with Crippen molar-refractivity contribution in [2.45, 2.75) is 31.7 Å². The first-order valence-corrected chi connectivity index (χ1v) is 8.33. The van der Waals surface area contributed by atoms with E-state index in [1.807, 2.05) is 4.90 Å². The molecule has 1 aromatic carbocycles. The van der Waals surface area contributed by atoms with Crippen molar-refractivity contribution in [3.05, 3.63) is 33.8 Å². The fourth-order valence-corrected chi connectivity index (χ4v) is 2.72. The van der Waals surface area contributed by atoms with Gasteiger partial charge in [-0.15, -0.1) is 0 Å². The molecule has 1 aliphatic carbocycles. The minimum absolute atomic E-state index is 0.0595. The van der Waals surface area contributed by atoms with Crippen molar-refractivity contribution in [2.24, 2.45) is 0 Å². The maximum atomic E-state index is 12.6. The molecule has 19 heavy (non-hydrogen) atoms. The Morgan fingerprint density at radius 1 is 1.32 bits per heavy atom. The quantitative estimate of drug-likeness (QED) is 0.689. The van der Waals surface area contributed by atoms with Crippen molar-refractivity contribution < 1.29 is 4.79 Å². The lowest BCUT2D eigenvalue weighted by Crippen LogP contribution is -2.44. The first-order valence-electron chi connectivity index (χ1n) is 6.45. The Balaban J connectivity index is 2.15. The minimum Gasteiger partial charge on any atom is -0.336 e. The molecule has 2 nitrogen and oxygen atoms in total. The molecule has 0 radical (unpaired) electrons. The average Bonchev–Trinajstić information content (AvgIpc) is 2.34. The molecule has 0 saturated heterocycles. The smallest absolute Gasteiger partial charge is 0.254 e. The van der Waals surface area contributed by atoms with Gasteiger partial charge in [-0.3, -0.25) is 4.79 Å². The van der Waals surface area contributed by atoms with Crippen LogP contribution in [0.25, 0.3) is 0 Å². The molecular weight excluding hydrogens is 349 g/mol. The molecule has 5 heteroatoms. The second-order valence-corrected chi connectivity index (χ2v) is 6.36. The molecule has 1 amide bonds. The Hall–Kier alpha value is -0.250. The maximum absolute atomic E-state index is 12.6. The summed E-state index contributed by atoms with van der Waals surface area (Å²) >= 11 is 15.3. The summed E-state index contributed by atoms with van der Waals surface area (Å²) in [6.07, 6.45) is 4.39. The van der Waals surface area contributed by atoms with Crippen molar-refractivity contribution in [2.75, 3.05) is 11.9 Å². The predicted octanol–water partition coefficient (Wildman–Crippen LogP) is 4.77. The van der Waals surface area contributed by atoms with Crippen molar-refractivity contribution in [3.63, 3.8) is 0 Å². The highest BCUT2D eigenvalue weighted by Crippen LogP contribution is 2.28. The molecule has 0 aromatic heterocycles. The molecule has 0 atom stereocenters. The van der Waals surface area contributed by atoms with E-state index in [0.717, 1.165) is 31.1 Å². The van der Waals surface area contributed by atoms with Crippen LogP contribution < -0.4 is 0 Å². The van der Waals surface area contributed by atoms with Crippen molar-refractivity contribution in [1.29, 1.82) is 0 Å². The van der Waals surface area contributed by atoms with Crippen LogP contribution in [0.1, 0.15) is 36.0 Å². The number of halogens is 3. The third-order valence-electron chi connectivity index (χ3n) is 3.48. The van der Waals surface area contributed by atoms with Gasteiger partial charge in [0.25, 0.3) is 5.91 Å². The molecule has 2 rings (SSSR count). The van der Waals surface area contributed by atoms with Crippen LogP contribution in [0, 0.1) is 0 Å². The monoisotopic (exact) mass is 363 g/mol. The van der Waals surface area contributed by atoms with E-state index in [4.69, 9.17) is 23.2 Å². The van der Waals surface area contributed by atoms with Gasteiger partial charge in [0.15, 0.2) is 0 Å². The number of hydrogen-bond acceptors (Lipinski definition) is 1. The van der Waals surface area contributed by atoms with Crippen LogP contribution in [-0.4, -0.2) is 28.7 Å². The van der Waals surface area contributed by atoms with Gasteiger partial charge in [-0.2, -0.15) is 0 Å². The molecule has 0 bridgehead atoms. The Morgan fingerprint density at radius 2 is 2.05 bits per heavy atom. The second kappa shape index (κ2) is 6.96. The van der Waals surface area contributed by atoms with E-state index in [-0.39, 0.29) is 5.91 Å². The summed E-state index contributed by atoms with van der Waals surface area (Å²) in [5, 5.41) is 1.82. The summed E-state index contributed by atoms with van der Waals surface area (Å²) < 4.78 is 0. The summed E-state index contributed by atoms with van der Waals surface area (Å²) in [7, 11) is 0. The highest BCUT2D eigenvalue weighted by Gasteiger charge is 2.29. The number of carbonyl (C=O) groups is 1. The molecule has 104 valence electrons. The van der Waals surface area contributed by atoms with Crippen LogP contribution in [0.3, 0.4) is 0 Å². The normalized spacial score (nSPS) is 15.1. The largest absolute Gasteiger partial charge is 0.336 e. The summed E-state index contributed by atoms with van der Waals surface area (Å²) in [5.41, 5.74) is 0.621. The van der Waals surface area contributed by atoms with Gasteiger partial charge in [-0.1, -0.05) is 39.1 Å². The summed E-state index contributed by atoms with van der Waals surface area (Å²) in [4.78, 5) is 14.5. The Bertz CT molecular complexity index is 463. The zero-order valence-electron chi connectivity index (χ0n) is 10.5. The van der Waals surface area contributed by atoms with Gasteiger partial charge in [0.2, 0.25) is 0 Å². The number of alkyl halides is 1. The van der Waals surface area contributed by atoms with Crippen LogP contribution in [0.4, 0.5) is 0 Å². The van der Waals surface area contributed by atoms with E-state index >= 15 is 0 Å². The standard InChI is InChI=1S/C14H16BrCl2NO/c15-7-2-8-18(11-3-1-4-11)14(19)10-5-6-12(16)13(17)9-10/h5-6,9,11H,1-4,7-8H2. The first kappa shape index (κ1) is 15.1. The number of amides is 1. The molecule has 0 heterocycles. The van der Waals surface area contributed by atoms with Gasteiger partial charge in [0.05, 0.1) is 10.0 Å². The van der Waals surface area contributed by atoms with E-state index in [2.05, 4.69) is 15.9 Å². The van der Waals surface area contributed by atoms with Gasteiger partial charge in [-0.25, -0.2) is 0 Å². The lowest BCUT2D eigenvalue weighted by Gasteiger charge is -2.37. The predicted molar refractivity (Wildman–Crippen MR) is 83.5 cm³/mol. The van der Waals surface area contributed by atoms with E-state index < -0.39 is 0 Å². The number of nitrogens with zero attached hydrogens (tertiary/aromatic N) is 1. The molecule has 1 saturated carbocycles. The molecule has 0 spiro atoms. The van der Waals surface area contributed by atoms with Crippen LogP contribution >= 0.6 is 39.1 Å². The number of carbonyl (C=O) groups excluding carboxylic acids is 1. The van der Waals surface area contributed by atoms with E-state index in [0.29, 0.717) is 21.7 Å². The lowest BCUT2D eigenvalue weighted by atomic mass is 9.91.